The molecule has 0 aliphatic carbocycles. The number of hydrogen-bond acceptors (Lipinski definition) is 11. The molecule has 0 aromatic heterocycles. The number of halogens is 6. The van der Waals surface area contributed by atoms with Gasteiger partial charge in [0.1, 0.15) is 12.1 Å². The van der Waals surface area contributed by atoms with E-state index in [1.54, 1.807) is 71.8 Å². The molecule has 2 heterocycles. The van der Waals surface area contributed by atoms with Crippen molar-refractivity contribution in [2.45, 2.75) is 105 Å². The standard InChI is InChI=1S/C32H32Cl3N3O5.C17H12Cl3NO3.C15H22N2O3.2CH4.2H2S/c1-3-43-32(42)26(12-13-27(39)37(2)18-20-8-5-4-6-9-20)36-30(40)28-25(34)17-24-23(29(28)35)14-15-38(31(24)41)19-21-10-7-11-22(33)16-21;18-10-3-1-2-9(6-10)8-21-5-4-11-12(16(21)22)7-13(19)14(15(11)20)17(23)24;1-3-20-15(19)13(16)9-10-14(18)17(2)11-12-7-5-4-6-8-12;;;;/h4-11,16-17,26H,3,12-15,18-19H2,1-2H3,(H,36,40);1-3,6-7H,4-5,8H2,(H,23,24);4-8,13H,3,9-11,16H2,1-2H3;2*1H4;2*1H2/t26-;;13-;;;;/m0.0..../s1. The summed E-state index contributed by atoms with van der Waals surface area (Å²) in [6, 6.07) is 34.8. The molecular weight excluding hydrogens is 1330 g/mol. The second kappa shape index (κ2) is 39.1. The summed E-state index contributed by atoms with van der Waals surface area (Å²) in [5.74, 6) is -3.75. The second-order valence-corrected chi connectivity index (χ2v) is 22.8. The maximum Gasteiger partial charge on any atom is 0.338 e. The number of amides is 5. The molecule has 6 aromatic rings. The number of rotatable bonds is 21. The zero-order chi connectivity index (χ0) is 63.5. The monoisotopic (exact) mass is 1400 g/mol. The zero-order valence-corrected chi connectivity index (χ0v) is 55.8. The third-order valence-corrected chi connectivity index (χ3v) is 16.0. The highest BCUT2D eigenvalue weighted by molar-refractivity contribution is 7.59. The number of aromatic carboxylic acids is 1. The summed E-state index contributed by atoms with van der Waals surface area (Å²) in [6.07, 6.45) is 1.43. The van der Waals surface area contributed by atoms with E-state index in [1.165, 1.54) is 12.1 Å². The number of fused-ring (bicyclic) bond motifs is 2. The number of ether oxygens (including phenoxy) is 2. The predicted molar refractivity (Wildman–Crippen MR) is 371 cm³/mol. The zero-order valence-electron chi connectivity index (χ0n) is 49.3. The van der Waals surface area contributed by atoms with E-state index in [-0.39, 0.29) is 123 Å². The van der Waals surface area contributed by atoms with Gasteiger partial charge in [-0.1, -0.05) is 169 Å². The SMILES string of the molecule is C.C.CCOC(=O)[C@@H](N)CCC(=O)N(C)Cc1ccccc1.CCOC(=O)[C@H](CCC(=O)N(C)Cc1ccccc1)NC(=O)c1c(Cl)cc2c(c1Cl)CCN(Cc1cccc(Cl)c1)C2=O.O=C(O)c1c(Cl)cc2c(c1Cl)CCN(Cc1cccc(Cl)c1)C2=O.S.S. The molecule has 0 unspecified atom stereocenters. The first-order valence-electron chi connectivity index (χ1n) is 27.8. The smallest absolute Gasteiger partial charge is 0.338 e. The maximum absolute atomic E-state index is 13.4. The molecule has 5 amide bonds. The Hall–Kier alpha value is -6.52. The molecular formula is C66H78Cl6N6O11S2. The van der Waals surface area contributed by atoms with Crippen LogP contribution < -0.4 is 11.1 Å². The Morgan fingerprint density at radius 2 is 0.967 bits per heavy atom. The number of hydrogen-bond donors (Lipinski definition) is 3. The van der Waals surface area contributed by atoms with E-state index in [4.69, 9.17) is 84.8 Å². The molecule has 0 radical (unpaired) electrons. The van der Waals surface area contributed by atoms with Gasteiger partial charge in [-0.25, -0.2) is 9.59 Å². The van der Waals surface area contributed by atoms with Crippen LogP contribution in [0, 0.1) is 0 Å². The Labute approximate surface area is 576 Å². The second-order valence-electron chi connectivity index (χ2n) is 20.4. The van der Waals surface area contributed by atoms with Crippen LogP contribution in [0.15, 0.2) is 121 Å². The van der Waals surface area contributed by atoms with Gasteiger partial charge in [-0.3, -0.25) is 28.8 Å². The maximum atomic E-state index is 13.4. The lowest BCUT2D eigenvalue weighted by atomic mass is 9.95. The van der Waals surface area contributed by atoms with Crippen LogP contribution in [-0.2, 0) is 67.7 Å². The van der Waals surface area contributed by atoms with E-state index < -0.39 is 35.9 Å². The third-order valence-electron chi connectivity index (χ3n) is 14.1. The molecule has 2 atom stereocenters. The molecule has 0 spiro atoms. The normalized spacial score (nSPS) is 12.5. The van der Waals surface area contributed by atoms with E-state index in [1.807, 2.05) is 84.9 Å². The van der Waals surface area contributed by atoms with E-state index in [2.05, 4.69) is 5.32 Å². The molecule has 17 nitrogen and oxygen atoms in total. The van der Waals surface area contributed by atoms with E-state index in [0.29, 0.717) is 97.4 Å². The molecule has 0 saturated heterocycles. The van der Waals surface area contributed by atoms with E-state index in [0.717, 1.165) is 22.3 Å². The van der Waals surface area contributed by atoms with Gasteiger partial charge in [-0.2, -0.15) is 27.0 Å². The Kier molecular flexibility index (Phi) is 34.6. The topological polar surface area (TPSA) is 226 Å². The highest BCUT2D eigenvalue weighted by Crippen LogP contribution is 2.37. The largest absolute Gasteiger partial charge is 0.478 e. The van der Waals surface area contributed by atoms with Crippen molar-refractivity contribution in [2.24, 2.45) is 5.73 Å². The van der Waals surface area contributed by atoms with Crippen LogP contribution in [0.3, 0.4) is 0 Å². The van der Waals surface area contributed by atoms with Gasteiger partial charge in [0, 0.05) is 87.4 Å². The summed E-state index contributed by atoms with van der Waals surface area (Å²) < 4.78 is 9.96. The number of carboxylic acid groups (broad SMARTS) is 1. The van der Waals surface area contributed by atoms with Crippen molar-refractivity contribution in [3.05, 3.63) is 207 Å². The van der Waals surface area contributed by atoms with Crippen molar-refractivity contribution in [2.75, 3.05) is 40.4 Å². The molecule has 0 saturated carbocycles. The number of carbonyl (C=O) groups excluding carboxylic acids is 7. The highest BCUT2D eigenvalue weighted by atomic mass is 35.5. The Morgan fingerprint density at radius 3 is 1.38 bits per heavy atom. The minimum Gasteiger partial charge on any atom is -0.478 e. The molecule has 2 aliphatic heterocycles. The number of nitrogens with one attached hydrogen (secondary N) is 1. The van der Waals surface area contributed by atoms with Crippen molar-refractivity contribution in [3.8, 4) is 0 Å². The number of nitrogens with two attached hydrogens (primary N) is 1. The lowest BCUT2D eigenvalue weighted by molar-refractivity contribution is -0.146. The van der Waals surface area contributed by atoms with Crippen LogP contribution in [0.1, 0.15) is 129 Å². The number of carboxylic acids is 1. The van der Waals surface area contributed by atoms with Crippen LogP contribution in [0.2, 0.25) is 30.1 Å². The Morgan fingerprint density at radius 1 is 0.571 bits per heavy atom. The van der Waals surface area contributed by atoms with Crippen molar-refractivity contribution < 1.29 is 52.9 Å². The molecule has 0 fully saturated rings. The van der Waals surface area contributed by atoms with Crippen LogP contribution in [0.25, 0.3) is 0 Å². The summed E-state index contributed by atoms with van der Waals surface area (Å²) in [7, 11) is 3.42. The van der Waals surface area contributed by atoms with Gasteiger partial charge in [0.2, 0.25) is 11.8 Å². The van der Waals surface area contributed by atoms with Crippen LogP contribution in [0.5, 0.6) is 0 Å². The quantitative estimate of drug-likeness (QED) is 0.0572. The molecule has 492 valence electrons. The van der Waals surface area contributed by atoms with Crippen LogP contribution in [0.4, 0.5) is 0 Å². The van der Waals surface area contributed by atoms with Gasteiger partial charge in [0.05, 0.1) is 44.4 Å². The van der Waals surface area contributed by atoms with Crippen molar-refractivity contribution in [1.29, 1.82) is 0 Å². The van der Waals surface area contributed by atoms with Gasteiger partial charge < -0.3 is 45.2 Å². The highest BCUT2D eigenvalue weighted by Gasteiger charge is 2.34. The van der Waals surface area contributed by atoms with Gasteiger partial charge in [-0.05, 0) is 109 Å². The number of nitrogens with zero attached hydrogens (tertiary/aromatic N) is 4. The van der Waals surface area contributed by atoms with Crippen molar-refractivity contribution in [1.82, 2.24) is 24.9 Å². The van der Waals surface area contributed by atoms with Crippen molar-refractivity contribution in [3.63, 3.8) is 0 Å². The fourth-order valence-corrected chi connectivity index (χ4v) is 11.4. The predicted octanol–water partition coefficient (Wildman–Crippen LogP) is 13.3. The molecule has 91 heavy (non-hydrogen) atoms. The summed E-state index contributed by atoms with van der Waals surface area (Å²) in [4.78, 5) is 106. The number of carbonyl (C=O) groups is 8. The minimum absolute atomic E-state index is 0. The first-order chi connectivity index (χ1) is 41.5. The molecule has 6 aromatic carbocycles. The average Bonchev–Trinajstić information content (AvgIpc) is 0.918. The van der Waals surface area contributed by atoms with Gasteiger partial charge in [0.15, 0.2) is 0 Å². The summed E-state index contributed by atoms with van der Waals surface area (Å²) in [5, 5.41) is 13.1. The summed E-state index contributed by atoms with van der Waals surface area (Å²) in [6.45, 7) is 6.33. The van der Waals surface area contributed by atoms with Crippen LogP contribution >= 0.6 is 96.6 Å². The first-order valence-corrected chi connectivity index (χ1v) is 30.1. The lowest BCUT2D eigenvalue weighted by Crippen LogP contribution is -2.43. The molecule has 0 bridgehead atoms. The fourth-order valence-electron chi connectivity index (χ4n) is 9.55. The fraction of sp³-hybridized carbons (Fsp3) is 0.333. The van der Waals surface area contributed by atoms with Gasteiger partial charge in [-0.15, -0.1) is 0 Å². The molecule has 2 aliphatic rings. The number of esters is 2. The lowest BCUT2D eigenvalue weighted by Gasteiger charge is -2.30. The van der Waals surface area contributed by atoms with Gasteiger partial charge in [0.25, 0.3) is 17.7 Å². The minimum atomic E-state index is -1.21. The van der Waals surface area contributed by atoms with E-state index >= 15 is 0 Å². The summed E-state index contributed by atoms with van der Waals surface area (Å²) >= 11 is 37.4. The first kappa shape index (κ1) is 80.6. The third kappa shape index (κ3) is 22.9. The average molecular weight is 1410 g/mol. The van der Waals surface area contributed by atoms with E-state index in [9.17, 15) is 43.5 Å². The Balaban J connectivity index is 0.000000499. The molecule has 4 N–H and O–H groups in total. The summed E-state index contributed by atoms with van der Waals surface area (Å²) in [5.41, 5.74) is 11.0. The molecule has 25 heteroatoms. The Bertz CT molecular complexity index is 3480. The van der Waals surface area contributed by atoms with Crippen molar-refractivity contribution >= 4 is 144 Å². The number of benzene rings is 6. The molecule has 8 rings (SSSR count). The van der Waals surface area contributed by atoms with Crippen LogP contribution in [-0.4, -0.2) is 125 Å². The van der Waals surface area contributed by atoms with Gasteiger partial charge >= 0.3 is 17.9 Å².